The number of ketones is 1. The molecule has 0 saturated carbocycles. The number of rotatable bonds is 4. The lowest BCUT2D eigenvalue weighted by Gasteiger charge is -2.23. The van der Waals surface area contributed by atoms with Crippen molar-refractivity contribution in [2.45, 2.75) is 27.2 Å². The van der Waals surface area contributed by atoms with Crippen molar-refractivity contribution in [2.75, 3.05) is 27.7 Å². The second-order valence-electron chi connectivity index (χ2n) is 5.56. The monoisotopic (exact) mass is 223 g/mol. The lowest BCUT2D eigenvalue weighted by atomic mass is 10.0. The largest absolute Gasteiger partial charge is 0.362 e. The van der Waals surface area contributed by atoms with Crippen LogP contribution in [0.4, 0.5) is 0 Å². The van der Waals surface area contributed by atoms with Gasteiger partial charge in [0.15, 0.2) is 5.78 Å². The zero-order valence-corrected chi connectivity index (χ0v) is 11.3. The Labute approximate surface area is 98.1 Å². The van der Waals surface area contributed by atoms with Crippen LogP contribution in [0.2, 0.25) is 0 Å². The molecule has 1 N–H and O–H groups in total. The Bertz CT molecular complexity index is 397. The van der Waals surface area contributed by atoms with Crippen LogP contribution in [-0.2, 0) is 0 Å². The van der Waals surface area contributed by atoms with E-state index in [1.54, 1.807) is 0 Å². The van der Waals surface area contributed by atoms with E-state index in [9.17, 15) is 4.79 Å². The van der Waals surface area contributed by atoms with E-state index in [1.807, 2.05) is 20.8 Å². The fraction of sp³-hybridized carbons (Fsp3) is 0.615. The quantitative estimate of drug-likeness (QED) is 0.616. The fourth-order valence-electron chi connectivity index (χ4n) is 1.89. The molecule has 0 aromatic carbocycles. The van der Waals surface area contributed by atoms with Crippen LogP contribution < -0.4 is 0 Å². The van der Waals surface area contributed by atoms with Crippen LogP contribution >= 0.6 is 0 Å². The minimum atomic E-state index is 0.257. The number of carbonyl (C=O) groups excluding carboxylic acids is 1. The van der Waals surface area contributed by atoms with Gasteiger partial charge in [0.05, 0.1) is 34.1 Å². The van der Waals surface area contributed by atoms with Gasteiger partial charge in [0.2, 0.25) is 0 Å². The second kappa shape index (κ2) is 4.42. The Balaban J connectivity index is 2.81. The minimum absolute atomic E-state index is 0.257. The molecule has 0 saturated heterocycles. The van der Waals surface area contributed by atoms with Crippen LogP contribution in [-0.4, -0.2) is 42.9 Å². The standard InChI is InChI=1S/C13H22N2O/c1-9-10(2)14-11(3)13(9)12(16)7-8-15(4,5)6/h7-8H2,1-6H3/p+1. The predicted molar refractivity (Wildman–Crippen MR) is 66.9 cm³/mol. The van der Waals surface area contributed by atoms with Gasteiger partial charge >= 0.3 is 0 Å². The fourth-order valence-corrected chi connectivity index (χ4v) is 1.89. The molecule has 0 aliphatic heterocycles. The summed E-state index contributed by atoms with van der Waals surface area (Å²) in [5.41, 5.74) is 4.10. The van der Waals surface area contributed by atoms with Crippen molar-refractivity contribution in [2.24, 2.45) is 0 Å². The van der Waals surface area contributed by atoms with Gasteiger partial charge < -0.3 is 9.47 Å². The summed E-state index contributed by atoms with van der Waals surface area (Å²) in [7, 11) is 6.32. The zero-order chi connectivity index (χ0) is 12.5. The molecule has 0 spiro atoms. The van der Waals surface area contributed by atoms with Gasteiger partial charge in [-0.1, -0.05) is 0 Å². The highest BCUT2D eigenvalue weighted by atomic mass is 16.1. The Hall–Kier alpha value is -1.09. The van der Waals surface area contributed by atoms with Crippen molar-refractivity contribution in [1.29, 1.82) is 0 Å². The second-order valence-corrected chi connectivity index (χ2v) is 5.56. The van der Waals surface area contributed by atoms with Gasteiger partial charge in [0.1, 0.15) is 0 Å². The third-order valence-corrected chi connectivity index (χ3v) is 2.98. The Morgan fingerprint density at radius 2 is 1.69 bits per heavy atom. The van der Waals surface area contributed by atoms with E-state index in [0.29, 0.717) is 6.42 Å². The van der Waals surface area contributed by atoms with Crippen molar-refractivity contribution in [3.05, 3.63) is 22.5 Å². The summed E-state index contributed by atoms with van der Waals surface area (Å²) in [6.07, 6.45) is 0.614. The third-order valence-electron chi connectivity index (χ3n) is 2.98. The number of H-pyrrole nitrogens is 1. The van der Waals surface area contributed by atoms with Crippen LogP contribution in [0.1, 0.15) is 33.7 Å². The first-order valence-electron chi connectivity index (χ1n) is 5.72. The van der Waals surface area contributed by atoms with Gasteiger partial charge in [-0.25, -0.2) is 0 Å². The first kappa shape index (κ1) is 13.0. The maximum Gasteiger partial charge on any atom is 0.170 e. The molecule has 0 bridgehead atoms. The van der Waals surface area contributed by atoms with Gasteiger partial charge in [-0.05, 0) is 26.3 Å². The molecule has 1 aromatic rings. The smallest absolute Gasteiger partial charge is 0.170 e. The molecule has 0 radical (unpaired) electrons. The number of nitrogens with zero attached hydrogens (tertiary/aromatic N) is 1. The number of Topliss-reactive ketones (excluding diaryl/α,β-unsaturated/α-hetero) is 1. The first-order valence-corrected chi connectivity index (χ1v) is 5.72. The molecular formula is C13H23N2O+. The van der Waals surface area contributed by atoms with Crippen molar-refractivity contribution in [1.82, 2.24) is 4.98 Å². The molecule has 90 valence electrons. The van der Waals surface area contributed by atoms with Crippen molar-refractivity contribution in [3.63, 3.8) is 0 Å². The lowest BCUT2D eigenvalue weighted by molar-refractivity contribution is -0.869. The summed E-state index contributed by atoms with van der Waals surface area (Å²) >= 11 is 0. The number of quaternary nitrogens is 1. The van der Waals surface area contributed by atoms with E-state index in [1.165, 1.54) is 0 Å². The van der Waals surface area contributed by atoms with Crippen molar-refractivity contribution < 1.29 is 9.28 Å². The molecule has 1 rings (SSSR count). The summed E-state index contributed by atoms with van der Waals surface area (Å²) in [6.45, 7) is 6.87. The van der Waals surface area contributed by atoms with Gasteiger partial charge in [0, 0.05) is 17.0 Å². The number of nitrogens with one attached hydrogen (secondary N) is 1. The molecule has 0 aliphatic rings. The number of aromatic nitrogens is 1. The highest BCUT2D eigenvalue weighted by Gasteiger charge is 2.18. The van der Waals surface area contributed by atoms with Gasteiger partial charge in [0.25, 0.3) is 0 Å². The Morgan fingerprint density at radius 1 is 1.12 bits per heavy atom. The molecule has 0 amide bonds. The average molecular weight is 223 g/mol. The molecule has 0 unspecified atom stereocenters. The van der Waals surface area contributed by atoms with E-state index < -0.39 is 0 Å². The number of hydrogen-bond donors (Lipinski definition) is 1. The van der Waals surface area contributed by atoms with Crippen LogP contribution in [0.25, 0.3) is 0 Å². The van der Waals surface area contributed by atoms with Crippen LogP contribution in [0.3, 0.4) is 0 Å². The zero-order valence-electron chi connectivity index (χ0n) is 11.3. The number of hydrogen-bond acceptors (Lipinski definition) is 1. The molecule has 1 aromatic heterocycles. The highest BCUT2D eigenvalue weighted by Crippen LogP contribution is 2.19. The number of aryl methyl sites for hydroxylation is 2. The van der Waals surface area contributed by atoms with Crippen LogP contribution in [0.15, 0.2) is 0 Å². The normalized spacial score (nSPS) is 11.9. The molecule has 3 nitrogen and oxygen atoms in total. The van der Waals surface area contributed by atoms with Crippen molar-refractivity contribution in [3.8, 4) is 0 Å². The van der Waals surface area contributed by atoms with Gasteiger partial charge in [-0.3, -0.25) is 4.79 Å². The Kier molecular flexibility index (Phi) is 3.58. The molecule has 0 atom stereocenters. The summed E-state index contributed by atoms with van der Waals surface area (Å²) < 4.78 is 0.827. The third kappa shape index (κ3) is 2.95. The predicted octanol–water partition coefficient (Wildman–Crippen LogP) is 2.22. The van der Waals surface area contributed by atoms with E-state index in [4.69, 9.17) is 0 Å². The minimum Gasteiger partial charge on any atom is -0.362 e. The van der Waals surface area contributed by atoms with E-state index in [-0.39, 0.29) is 5.78 Å². The lowest BCUT2D eigenvalue weighted by Crippen LogP contribution is -2.36. The summed E-state index contributed by atoms with van der Waals surface area (Å²) in [5, 5.41) is 0. The van der Waals surface area contributed by atoms with Crippen LogP contribution in [0, 0.1) is 20.8 Å². The maximum absolute atomic E-state index is 12.1. The molecule has 0 aliphatic carbocycles. The first-order chi connectivity index (χ1) is 7.22. The van der Waals surface area contributed by atoms with E-state index in [0.717, 1.165) is 33.5 Å². The van der Waals surface area contributed by atoms with Gasteiger partial charge in [-0.2, -0.15) is 0 Å². The number of carbonyl (C=O) groups is 1. The highest BCUT2D eigenvalue weighted by molar-refractivity contribution is 5.98. The average Bonchev–Trinajstić information content (AvgIpc) is 2.36. The van der Waals surface area contributed by atoms with E-state index >= 15 is 0 Å². The number of aromatic amines is 1. The molecule has 3 heteroatoms. The maximum atomic E-state index is 12.1. The molecule has 0 fully saturated rings. The summed E-state index contributed by atoms with van der Waals surface area (Å²) in [4.78, 5) is 15.3. The molecular weight excluding hydrogens is 200 g/mol. The molecule has 1 heterocycles. The summed E-state index contributed by atoms with van der Waals surface area (Å²) in [6, 6.07) is 0. The molecule has 16 heavy (non-hydrogen) atoms. The SMILES string of the molecule is Cc1[nH]c(C)c(C(=O)CC[N+](C)(C)C)c1C. The van der Waals surface area contributed by atoms with Crippen molar-refractivity contribution >= 4 is 5.78 Å². The van der Waals surface area contributed by atoms with Gasteiger partial charge in [-0.15, -0.1) is 0 Å². The Morgan fingerprint density at radius 3 is 2.06 bits per heavy atom. The van der Waals surface area contributed by atoms with Crippen LogP contribution in [0.5, 0.6) is 0 Å². The van der Waals surface area contributed by atoms with E-state index in [2.05, 4.69) is 26.1 Å². The topological polar surface area (TPSA) is 32.9 Å². The summed E-state index contributed by atoms with van der Waals surface area (Å²) in [5.74, 6) is 0.257.